The Morgan fingerprint density at radius 1 is 0.970 bits per heavy atom. The molecule has 0 bridgehead atoms. The molecule has 2 aromatic rings. The van der Waals surface area contributed by atoms with E-state index in [9.17, 15) is 40.2 Å². The van der Waals surface area contributed by atoms with Gasteiger partial charge >= 0.3 is 11.9 Å². The maximum Gasteiger partial charge on any atom is 0.338 e. The summed E-state index contributed by atoms with van der Waals surface area (Å²) in [5.41, 5.74) is 0.326. The number of aromatic hydroxyl groups is 3. The van der Waals surface area contributed by atoms with Gasteiger partial charge in [0.1, 0.15) is 18.3 Å². The van der Waals surface area contributed by atoms with Crippen LogP contribution in [0.5, 0.6) is 17.2 Å². The number of esters is 2. The van der Waals surface area contributed by atoms with Crippen LogP contribution >= 0.6 is 0 Å². The van der Waals surface area contributed by atoms with Gasteiger partial charge in [0.25, 0.3) is 0 Å². The van der Waals surface area contributed by atoms with E-state index in [4.69, 9.17) is 14.2 Å². The first-order chi connectivity index (χ1) is 15.7. The second kappa shape index (κ2) is 10.3. The summed E-state index contributed by atoms with van der Waals surface area (Å²) in [6, 6.07) is 10.4. The van der Waals surface area contributed by atoms with Gasteiger partial charge in [-0.3, -0.25) is 0 Å². The monoisotopic (exact) mass is 462 g/mol. The Morgan fingerprint density at radius 3 is 2.21 bits per heavy atom. The molecule has 2 aromatic carbocycles. The summed E-state index contributed by atoms with van der Waals surface area (Å²) in [4.78, 5) is 24.4. The highest BCUT2D eigenvalue weighted by Gasteiger charge is 2.48. The zero-order valence-corrected chi connectivity index (χ0v) is 17.0. The minimum atomic E-state index is -1.83. The van der Waals surface area contributed by atoms with Crippen LogP contribution in [0.15, 0.2) is 48.5 Å². The molecule has 1 fully saturated rings. The lowest BCUT2D eigenvalue weighted by Gasteiger charge is -2.40. The van der Waals surface area contributed by atoms with E-state index in [1.54, 1.807) is 30.3 Å². The molecule has 176 valence electrons. The van der Waals surface area contributed by atoms with Gasteiger partial charge in [0.15, 0.2) is 23.4 Å². The van der Waals surface area contributed by atoms with Gasteiger partial charge in [-0.05, 0) is 23.8 Å². The van der Waals surface area contributed by atoms with Crippen LogP contribution in [0.3, 0.4) is 0 Å². The molecule has 33 heavy (non-hydrogen) atoms. The lowest BCUT2D eigenvalue weighted by atomic mass is 9.99. The molecule has 1 aliphatic heterocycles. The number of benzene rings is 2. The van der Waals surface area contributed by atoms with Gasteiger partial charge in [0, 0.05) is 6.08 Å². The van der Waals surface area contributed by atoms with E-state index in [0.717, 1.165) is 18.2 Å². The van der Waals surface area contributed by atoms with Crippen LogP contribution in [0, 0.1) is 0 Å². The summed E-state index contributed by atoms with van der Waals surface area (Å²) in [7, 11) is 0. The number of phenols is 3. The maximum atomic E-state index is 12.4. The SMILES string of the molecule is O=C(C=Cc1ccccc1)O[C@@H]1O[C@H](CO)[C@@H](OC(=O)c2cc(O)c(O)c(O)c2)[C@H](O)[C@H]1O. The zero-order valence-electron chi connectivity index (χ0n) is 17.0. The predicted octanol–water partition coefficient (Wildman–Crippen LogP) is 0.0244. The quantitative estimate of drug-likeness (QED) is 0.193. The number of rotatable bonds is 6. The van der Waals surface area contributed by atoms with Crippen molar-refractivity contribution in [2.45, 2.75) is 30.7 Å². The Kier molecular flexibility index (Phi) is 7.51. The molecular weight excluding hydrogens is 440 g/mol. The first-order valence-corrected chi connectivity index (χ1v) is 9.73. The Morgan fingerprint density at radius 2 is 1.61 bits per heavy atom. The molecule has 1 aliphatic rings. The number of carbonyl (C=O) groups excluding carboxylic acids is 2. The fourth-order valence-electron chi connectivity index (χ4n) is 3.09. The third kappa shape index (κ3) is 5.59. The molecule has 0 unspecified atom stereocenters. The first kappa shape index (κ1) is 24.0. The normalized spacial score (nSPS) is 25.0. The summed E-state index contributed by atoms with van der Waals surface area (Å²) in [6.07, 6.45) is -5.75. The van der Waals surface area contributed by atoms with Gasteiger partial charge < -0.3 is 44.8 Å². The largest absolute Gasteiger partial charge is 0.504 e. The van der Waals surface area contributed by atoms with Crippen molar-refractivity contribution in [3.05, 3.63) is 59.7 Å². The third-order valence-electron chi connectivity index (χ3n) is 4.81. The molecule has 0 aliphatic carbocycles. The Balaban J connectivity index is 1.68. The van der Waals surface area contributed by atoms with Gasteiger partial charge in [0.05, 0.1) is 12.2 Å². The number of aliphatic hydroxyl groups is 3. The van der Waals surface area contributed by atoms with Gasteiger partial charge in [-0.1, -0.05) is 30.3 Å². The molecule has 1 saturated heterocycles. The maximum absolute atomic E-state index is 12.4. The van der Waals surface area contributed by atoms with Crippen molar-refractivity contribution in [2.24, 2.45) is 0 Å². The van der Waals surface area contributed by atoms with Gasteiger partial charge in [-0.2, -0.15) is 0 Å². The minimum absolute atomic E-state index is 0.388. The molecule has 3 rings (SSSR count). The number of ether oxygens (including phenoxy) is 3. The lowest BCUT2D eigenvalue weighted by Crippen LogP contribution is -2.60. The molecular formula is C22H22O11. The highest BCUT2D eigenvalue weighted by Crippen LogP contribution is 2.36. The third-order valence-corrected chi connectivity index (χ3v) is 4.81. The van der Waals surface area contributed by atoms with E-state index >= 15 is 0 Å². The molecule has 6 N–H and O–H groups in total. The van der Waals surface area contributed by atoms with Crippen LogP contribution in [-0.4, -0.2) is 79.9 Å². The van der Waals surface area contributed by atoms with Gasteiger partial charge in [0.2, 0.25) is 6.29 Å². The summed E-state index contributed by atoms with van der Waals surface area (Å²) >= 11 is 0. The van der Waals surface area contributed by atoms with Crippen molar-refractivity contribution >= 4 is 18.0 Å². The van der Waals surface area contributed by atoms with Crippen LogP contribution in [0.2, 0.25) is 0 Å². The standard InChI is InChI=1S/C22H22O11/c23-10-15-20(33-21(30)12-8-13(24)17(27)14(25)9-12)18(28)19(29)22(31-15)32-16(26)7-6-11-4-2-1-3-5-11/h1-9,15,18-20,22-25,27-29H,10H2/t15-,18-,19-,20-,22+/m1/s1. The van der Waals surface area contributed by atoms with Crippen molar-refractivity contribution in [3.8, 4) is 17.2 Å². The van der Waals surface area contributed by atoms with Crippen LogP contribution in [-0.2, 0) is 19.0 Å². The van der Waals surface area contributed by atoms with Crippen molar-refractivity contribution in [1.29, 1.82) is 0 Å². The lowest BCUT2D eigenvalue weighted by molar-refractivity contribution is -0.290. The molecule has 0 aromatic heterocycles. The van der Waals surface area contributed by atoms with Crippen molar-refractivity contribution in [1.82, 2.24) is 0 Å². The first-order valence-electron chi connectivity index (χ1n) is 9.73. The second-order valence-electron chi connectivity index (χ2n) is 7.12. The van der Waals surface area contributed by atoms with Gasteiger partial charge in [-0.25, -0.2) is 9.59 Å². The number of aliphatic hydroxyl groups excluding tert-OH is 3. The number of carbonyl (C=O) groups is 2. The molecule has 0 saturated carbocycles. The topological polar surface area (TPSA) is 183 Å². The highest BCUT2D eigenvalue weighted by atomic mass is 16.7. The Labute approximate surface area is 187 Å². The molecule has 11 heteroatoms. The van der Waals surface area contributed by atoms with E-state index in [0.29, 0.717) is 5.56 Å². The predicted molar refractivity (Wildman–Crippen MR) is 110 cm³/mol. The summed E-state index contributed by atoms with van der Waals surface area (Å²) < 4.78 is 15.4. The van der Waals surface area contributed by atoms with Crippen molar-refractivity contribution in [3.63, 3.8) is 0 Å². The number of phenolic OH excluding ortho intramolecular Hbond substituents is 3. The van der Waals surface area contributed by atoms with E-state index < -0.39 is 66.5 Å². The molecule has 1 heterocycles. The highest BCUT2D eigenvalue weighted by molar-refractivity contribution is 5.91. The molecule has 0 radical (unpaired) electrons. The van der Waals surface area contributed by atoms with Crippen LogP contribution in [0.25, 0.3) is 6.08 Å². The van der Waals surface area contributed by atoms with Gasteiger partial charge in [-0.15, -0.1) is 0 Å². The average molecular weight is 462 g/mol. The fraction of sp³-hybridized carbons (Fsp3) is 0.273. The number of hydrogen-bond donors (Lipinski definition) is 6. The zero-order chi connectivity index (χ0) is 24.1. The van der Waals surface area contributed by atoms with Crippen LogP contribution in [0.1, 0.15) is 15.9 Å². The molecule has 0 amide bonds. The van der Waals surface area contributed by atoms with E-state index in [-0.39, 0.29) is 5.56 Å². The Bertz CT molecular complexity index is 995. The Hall–Kier alpha value is -3.64. The van der Waals surface area contributed by atoms with E-state index in [2.05, 4.69) is 0 Å². The van der Waals surface area contributed by atoms with Crippen molar-refractivity contribution in [2.75, 3.05) is 6.61 Å². The second-order valence-corrected chi connectivity index (χ2v) is 7.12. The minimum Gasteiger partial charge on any atom is -0.504 e. The van der Waals surface area contributed by atoms with E-state index in [1.807, 2.05) is 0 Å². The number of hydrogen-bond acceptors (Lipinski definition) is 11. The smallest absolute Gasteiger partial charge is 0.338 e. The molecule has 5 atom stereocenters. The summed E-state index contributed by atoms with van der Waals surface area (Å²) in [6.45, 7) is -0.776. The summed E-state index contributed by atoms with van der Waals surface area (Å²) in [5.74, 6) is -4.49. The fourth-order valence-corrected chi connectivity index (χ4v) is 3.09. The van der Waals surface area contributed by atoms with Crippen LogP contribution in [0.4, 0.5) is 0 Å². The molecule has 0 spiro atoms. The molecule has 11 nitrogen and oxygen atoms in total. The van der Waals surface area contributed by atoms with Crippen molar-refractivity contribution < 1.29 is 54.4 Å². The van der Waals surface area contributed by atoms with E-state index in [1.165, 1.54) is 6.08 Å². The average Bonchev–Trinajstić information content (AvgIpc) is 2.81. The summed E-state index contributed by atoms with van der Waals surface area (Å²) in [5, 5.41) is 58.8. The van der Waals surface area contributed by atoms with Crippen LogP contribution < -0.4 is 0 Å².